The van der Waals surface area contributed by atoms with Gasteiger partial charge >= 0.3 is 0 Å². The fourth-order valence-corrected chi connectivity index (χ4v) is 2.78. The van der Waals surface area contributed by atoms with E-state index >= 15 is 0 Å². The number of rotatable bonds is 3. The molecule has 3 heteroatoms. The van der Waals surface area contributed by atoms with Crippen LogP contribution in [0.15, 0.2) is 24.3 Å². The van der Waals surface area contributed by atoms with E-state index in [4.69, 9.17) is 5.73 Å². The van der Waals surface area contributed by atoms with E-state index in [1.54, 1.807) is 4.90 Å². The lowest BCUT2D eigenvalue weighted by Gasteiger charge is -2.29. The van der Waals surface area contributed by atoms with Gasteiger partial charge in [-0.15, -0.1) is 0 Å². The summed E-state index contributed by atoms with van der Waals surface area (Å²) in [5, 5.41) is 0. The molecular weight excluding hydrogens is 224 g/mol. The summed E-state index contributed by atoms with van der Waals surface area (Å²) in [6, 6.07) is 7.91. The largest absolute Gasteiger partial charge is 0.326 e. The zero-order chi connectivity index (χ0) is 13.2. The Bertz CT molecular complexity index is 436. The lowest BCUT2D eigenvalue weighted by atomic mass is 9.87. The van der Waals surface area contributed by atoms with E-state index in [1.807, 2.05) is 31.3 Å². The Morgan fingerprint density at radius 1 is 1.39 bits per heavy atom. The van der Waals surface area contributed by atoms with E-state index in [0.717, 1.165) is 24.1 Å². The van der Waals surface area contributed by atoms with Crippen LogP contribution < -0.4 is 10.6 Å². The number of anilines is 1. The van der Waals surface area contributed by atoms with Gasteiger partial charge in [-0.25, -0.2) is 0 Å². The Balaban J connectivity index is 2.19. The second-order valence-electron chi connectivity index (χ2n) is 5.51. The van der Waals surface area contributed by atoms with Crippen molar-refractivity contribution in [1.82, 2.24) is 0 Å². The highest BCUT2D eigenvalue weighted by molar-refractivity contribution is 5.97. The highest BCUT2D eigenvalue weighted by Crippen LogP contribution is 2.39. The van der Waals surface area contributed by atoms with Crippen LogP contribution in [0.3, 0.4) is 0 Å². The molecule has 2 rings (SSSR count). The summed E-state index contributed by atoms with van der Waals surface area (Å²) in [5.41, 5.74) is 7.47. The fourth-order valence-electron chi connectivity index (χ4n) is 2.78. The molecule has 1 fully saturated rings. The maximum atomic E-state index is 12.6. The highest BCUT2D eigenvalue weighted by atomic mass is 16.2. The van der Waals surface area contributed by atoms with E-state index in [1.165, 1.54) is 12.8 Å². The number of amides is 1. The quantitative estimate of drug-likeness (QED) is 0.891. The van der Waals surface area contributed by atoms with Gasteiger partial charge in [0, 0.05) is 24.7 Å². The molecule has 0 unspecified atom stereocenters. The molecule has 0 aromatic heterocycles. The topological polar surface area (TPSA) is 46.3 Å². The van der Waals surface area contributed by atoms with E-state index in [2.05, 4.69) is 6.92 Å². The van der Waals surface area contributed by atoms with Crippen LogP contribution in [-0.4, -0.2) is 13.0 Å². The molecule has 1 saturated carbocycles. The zero-order valence-corrected chi connectivity index (χ0v) is 11.3. The highest BCUT2D eigenvalue weighted by Gasteiger charge is 2.38. The first kappa shape index (κ1) is 13.1. The molecule has 0 aliphatic heterocycles. The van der Waals surface area contributed by atoms with Gasteiger partial charge in [0.05, 0.1) is 0 Å². The Kier molecular flexibility index (Phi) is 3.71. The first-order valence-corrected chi connectivity index (χ1v) is 6.64. The van der Waals surface area contributed by atoms with Gasteiger partial charge in [0.15, 0.2) is 0 Å². The molecule has 0 bridgehead atoms. The van der Waals surface area contributed by atoms with Gasteiger partial charge in [0.25, 0.3) is 0 Å². The average molecular weight is 246 g/mol. The van der Waals surface area contributed by atoms with Gasteiger partial charge in [-0.05, 0) is 30.5 Å². The van der Waals surface area contributed by atoms with Crippen molar-refractivity contribution in [2.24, 2.45) is 11.1 Å². The third kappa shape index (κ3) is 2.41. The first-order chi connectivity index (χ1) is 8.57. The maximum Gasteiger partial charge on any atom is 0.232 e. The van der Waals surface area contributed by atoms with Crippen molar-refractivity contribution in [3.8, 4) is 0 Å². The number of nitrogens with zero attached hydrogens (tertiary/aromatic N) is 1. The Hall–Kier alpha value is -1.35. The molecular formula is C15H22N2O. The molecule has 2 N–H and O–H groups in total. The fraction of sp³-hybridized carbons (Fsp3) is 0.533. The standard InChI is InChI=1S/C15H22N2O/c1-15(8-3-4-9-15)14(18)17(2)13-7-5-6-12(10-13)11-16/h5-7,10H,3-4,8-9,11,16H2,1-2H3. The normalized spacial score (nSPS) is 17.7. The molecule has 0 heterocycles. The van der Waals surface area contributed by atoms with Crippen molar-refractivity contribution < 1.29 is 4.79 Å². The Morgan fingerprint density at radius 2 is 2.06 bits per heavy atom. The van der Waals surface area contributed by atoms with Crippen LogP contribution in [0, 0.1) is 5.41 Å². The number of carbonyl (C=O) groups excluding carboxylic acids is 1. The Morgan fingerprint density at radius 3 is 2.67 bits per heavy atom. The van der Waals surface area contributed by atoms with Crippen LogP contribution in [0.4, 0.5) is 5.69 Å². The molecule has 1 aromatic carbocycles. The predicted molar refractivity (Wildman–Crippen MR) is 74.3 cm³/mol. The van der Waals surface area contributed by atoms with Crippen LogP contribution in [0.5, 0.6) is 0 Å². The lowest BCUT2D eigenvalue weighted by Crippen LogP contribution is -2.38. The molecule has 0 radical (unpaired) electrons. The number of hydrogen-bond donors (Lipinski definition) is 1. The van der Waals surface area contributed by atoms with E-state index < -0.39 is 0 Å². The molecule has 1 aliphatic carbocycles. The minimum absolute atomic E-state index is 0.173. The van der Waals surface area contributed by atoms with Gasteiger partial charge in [-0.1, -0.05) is 31.9 Å². The minimum Gasteiger partial charge on any atom is -0.326 e. The Labute approximate surface area is 109 Å². The van der Waals surface area contributed by atoms with E-state index in [9.17, 15) is 4.79 Å². The number of nitrogens with two attached hydrogens (primary N) is 1. The van der Waals surface area contributed by atoms with Gasteiger partial charge in [-0.3, -0.25) is 4.79 Å². The molecule has 98 valence electrons. The molecule has 0 atom stereocenters. The summed E-state index contributed by atoms with van der Waals surface area (Å²) in [5.74, 6) is 0.231. The smallest absolute Gasteiger partial charge is 0.232 e. The number of benzene rings is 1. The van der Waals surface area contributed by atoms with Crippen molar-refractivity contribution in [3.63, 3.8) is 0 Å². The lowest BCUT2D eigenvalue weighted by molar-refractivity contribution is -0.126. The summed E-state index contributed by atoms with van der Waals surface area (Å²) in [6.45, 7) is 2.60. The molecule has 1 amide bonds. The summed E-state index contributed by atoms with van der Waals surface area (Å²) < 4.78 is 0. The van der Waals surface area contributed by atoms with Crippen LogP contribution in [0.1, 0.15) is 38.2 Å². The third-order valence-electron chi connectivity index (χ3n) is 4.06. The van der Waals surface area contributed by atoms with Gasteiger partial charge in [0.1, 0.15) is 0 Å². The predicted octanol–water partition coefficient (Wildman–Crippen LogP) is 2.69. The molecule has 1 aromatic rings. The van der Waals surface area contributed by atoms with Crippen LogP contribution in [0.2, 0.25) is 0 Å². The van der Waals surface area contributed by atoms with Gasteiger partial charge < -0.3 is 10.6 Å². The molecule has 3 nitrogen and oxygen atoms in total. The summed E-state index contributed by atoms with van der Waals surface area (Å²) in [6.07, 6.45) is 4.34. The first-order valence-electron chi connectivity index (χ1n) is 6.64. The van der Waals surface area contributed by atoms with Gasteiger partial charge in [0.2, 0.25) is 5.91 Å². The van der Waals surface area contributed by atoms with Crippen LogP contribution >= 0.6 is 0 Å². The molecule has 18 heavy (non-hydrogen) atoms. The summed E-state index contributed by atoms with van der Waals surface area (Å²) in [7, 11) is 1.86. The number of hydrogen-bond acceptors (Lipinski definition) is 2. The van der Waals surface area contributed by atoms with Crippen molar-refractivity contribution in [2.45, 2.75) is 39.2 Å². The van der Waals surface area contributed by atoms with Crippen molar-refractivity contribution in [3.05, 3.63) is 29.8 Å². The van der Waals surface area contributed by atoms with Crippen molar-refractivity contribution in [1.29, 1.82) is 0 Å². The second kappa shape index (κ2) is 5.11. The maximum absolute atomic E-state index is 12.6. The third-order valence-corrected chi connectivity index (χ3v) is 4.06. The van der Waals surface area contributed by atoms with E-state index in [0.29, 0.717) is 6.54 Å². The number of carbonyl (C=O) groups is 1. The SMILES string of the molecule is CN(C(=O)C1(C)CCCC1)c1cccc(CN)c1. The molecule has 1 aliphatic rings. The molecule has 0 spiro atoms. The van der Waals surface area contributed by atoms with Crippen LogP contribution in [-0.2, 0) is 11.3 Å². The minimum atomic E-state index is -0.173. The second-order valence-corrected chi connectivity index (χ2v) is 5.51. The van der Waals surface area contributed by atoms with Crippen LogP contribution in [0.25, 0.3) is 0 Å². The van der Waals surface area contributed by atoms with Gasteiger partial charge in [-0.2, -0.15) is 0 Å². The van der Waals surface area contributed by atoms with Crippen molar-refractivity contribution >= 4 is 11.6 Å². The zero-order valence-electron chi connectivity index (χ0n) is 11.3. The summed E-state index contributed by atoms with van der Waals surface area (Å²) >= 11 is 0. The molecule has 0 saturated heterocycles. The average Bonchev–Trinajstić information content (AvgIpc) is 2.85. The summed E-state index contributed by atoms with van der Waals surface area (Å²) in [4.78, 5) is 14.3. The van der Waals surface area contributed by atoms with E-state index in [-0.39, 0.29) is 11.3 Å². The van der Waals surface area contributed by atoms with Crippen molar-refractivity contribution in [2.75, 3.05) is 11.9 Å². The monoisotopic (exact) mass is 246 g/mol.